The molecule has 3 heteroatoms. The van der Waals surface area contributed by atoms with E-state index in [0.717, 1.165) is 25.7 Å². The molecule has 0 aliphatic heterocycles. The number of carboxylic acid groups (broad SMARTS) is 1. The minimum absolute atomic E-state index is 0.0175. The Morgan fingerprint density at radius 3 is 2.00 bits per heavy atom. The third-order valence-electron chi connectivity index (χ3n) is 3.88. The Bertz CT molecular complexity index is 273. The molecule has 0 atom stereocenters. The average molecular weight is 240 g/mol. The lowest BCUT2D eigenvalue weighted by molar-refractivity contribution is -0.140. The first kappa shape index (κ1) is 14.2. The minimum Gasteiger partial charge on any atom is -0.481 e. The Hall–Kier alpha value is -0.860. The smallest absolute Gasteiger partial charge is 0.303 e. The van der Waals surface area contributed by atoms with Gasteiger partial charge in [-0.2, -0.15) is 0 Å². The van der Waals surface area contributed by atoms with E-state index in [9.17, 15) is 9.59 Å². The van der Waals surface area contributed by atoms with Crippen LogP contribution in [0.15, 0.2) is 0 Å². The predicted molar refractivity (Wildman–Crippen MR) is 66.8 cm³/mol. The quantitative estimate of drug-likeness (QED) is 0.749. The molecule has 0 heterocycles. The summed E-state index contributed by atoms with van der Waals surface area (Å²) < 4.78 is 0. The Labute approximate surface area is 104 Å². The molecular formula is C14H24O3. The van der Waals surface area contributed by atoms with Gasteiger partial charge in [0.15, 0.2) is 0 Å². The third kappa shape index (κ3) is 4.49. The zero-order valence-electron chi connectivity index (χ0n) is 11.0. The van der Waals surface area contributed by atoms with E-state index in [4.69, 9.17) is 5.11 Å². The minimum atomic E-state index is -0.761. The third-order valence-corrected chi connectivity index (χ3v) is 3.88. The molecule has 0 bridgehead atoms. The normalized spacial score (nSPS) is 19.9. The fourth-order valence-electron chi connectivity index (χ4n) is 2.79. The van der Waals surface area contributed by atoms with Crippen molar-refractivity contribution in [2.45, 2.75) is 65.2 Å². The SMILES string of the molecule is CC(C)C(=O)CC1(CC(=O)O)CCCCCC1. The Morgan fingerprint density at radius 1 is 1.06 bits per heavy atom. The number of ketones is 1. The van der Waals surface area contributed by atoms with Gasteiger partial charge in [0, 0.05) is 12.3 Å². The van der Waals surface area contributed by atoms with Gasteiger partial charge in [0.1, 0.15) is 5.78 Å². The van der Waals surface area contributed by atoms with Crippen LogP contribution in [0.2, 0.25) is 0 Å². The maximum absolute atomic E-state index is 11.9. The van der Waals surface area contributed by atoms with Crippen LogP contribution in [0.3, 0.4) is 0 Å². The number of carboxylic acids is 1. The lowest BCUT2D eigenvalue weighted by Crippen LogP contribution is -2.29. The second kappa shape index (κ2) is 6.18. The summed E-state index contributed by atoms with van der Waals surface area (Å²) in [6, 6.07) is 0. The largest absolute Gasteiger partial charge is 0.481 e. The van der Waals surface area contributed by atoms with Gasteiger partial charge < -0.3 is 5.11 Å². The van der Waals surface area contributed by atoms with Gasteiger partial charge in [-0.1, -0.05) is 39.5 Å². The van der Waals surface area contributed by atoms with E-state index in [-0.39, 0.29) is 23.5 Å². The summed E-state index contributed by atoms with van der Waals surface area (Å²) >= 11 is 0. The summed E-state index contributed by atoms with van der Waals surface area (Å²) in [5.74, 6) is -0.527. The lowest BCUT2D eigenvalue weighted by atomic mass is 9.72. The molecule has 0 spiro atoms. The number of Topliss-reactive ketones (excluding diaryl/α,β-unsaturated/α-hetero) is 1. The zero-order valence-corrected chi connectivity index (χ0v) is 11.0. The average Bonchev–Trinajstić information content (AvgIpc) is 2.42. The predicted octanol–water partition coefficient (Wildman–Crippen LogP) is 3.42. The number of aliphatic carboxylic acids is 1. The van der Waals surface area contributed by atoms with Crippen LogP contribution in [-0.4, -0.2) is 16.9 Å². The molecule has 1 N–H and O–H groups in total. The summed E-state index contributed by atoms with van der Waals surface area (Å²) in [5.41, 5.74) is -0.260. The first-order valence-electron chi connectivity index (χ1n) is 6.70. The fourth-order valence-corrected chi connectivity index (χ4v) is 2.79. The number of carbonyl (C=O) groups excluding carboxylic acids is 1. The van der Waals surface area contributed by atoms with Crippen LogP contribution >= 0.6 is 0 Å². The Balaban J connectivity index is 2.76. The highest BCUT2D eigenvalue weighted by Gasteiger charge is 2.35. The summed E-state index contributed by atoms with van der Waals surface area (Å²) in [4.78, 5) is 22.9. The van der Waals surface area contributed by atoms with Crippen molar-refractivity contribution in [3.63, 3.8) is 0 Å². The highest BCUT2D eigenvalue weighted by atomic mass is 16.4. The molecule has 1 aliphatic carbocycles. The van der Waals surface area contributed by atoms with Crippen LogP contribution in [0.25, 0.3) is 0 Å². The van der Waals surface area contributed by atoms with Gasteiger partial charge >= 0.3 is 5.97 Å². The van der Waals surface area contributed by atoms with Crippen LogP contribution < -0.4 is 0 Å². The van der Waals surface area contributed by atoms with E-state index < -0.39 is 5.97 Å². The maximum Gasteiger partial charge on any atom is 0.303 e. The van der Waals surface area contributed by atoms with Gasteiger partial charge in [-0.05, 0) is 18.3 Å². The Morgan fingerprint density at radius 2 is 1.59 bits per heavy atom. The first-order valence-corrected chi connectivity index (χ1v) is 6.70. The number of hydrogen-bond acceptors (Lipinski definition) is 2. The second-order valence-corrected chi connectivity index (χ2v) is 5.78. The molecule has 98 valence electrons. The molecule has 3 nitrogen and oxygen atoms in total. The van der Waals surface area contributed by atoms with E-state index in [1.54, 1.807) is 0 Å². The van der Waals surface area contributed by atoms with Crippen molar-refractivity contribution >= 4 is 11.8 Å². The van der Waals surface area contributed by atoms with E-state index in [0.29, 0.717) is 6.42 Å². The molecule has 0 aromatic carbocycles. The topological polar surface area (TPSA) is 54.4 Å². The van der Waals surface area contributed by atoms with Gasteiger partial charge in [0.2, 0.25) is 0 Å². The standard InChI is InChI=1S/C14H24O3/c1-11(2)12(15)9-14(10-13(16)17)7-5-3-4-6-8-14/h11H,3-10H2,1-2H3,(H,16,17). The first-order chi connectivity index (χ1) is 7.95. The van der Waals surface area contributed by atoms with E-state index in [2.05, 4.69) is 0 Å². The molecule has 0 radical (unpaired) electrons. The van der Waals surface area contributed by atoms with Crippen LogP contribution in [0, 0.1) is 11.3 Å². The van der Waals surface area contributed by atoms with Crippen molar-refractivity contribution in [2.24, 2.45) is 11.3 Å². The van der Waals surface area contributed by atoms with Crippen LogP contribution in [-0.2, 0) is 9.59 Å². The van der Waals surface area contributed by atoms with E-state index in [1.165, 1.54) is 12.8 Å². The van der Waals surface area contributed by atoms with Gasteiger partial charge in [0.05, 0.1) is 6.42 Å². The summed E-state index contributed by atoms with van der Waals surface area (Å²) in [7, 11) is 0. The molecular weight excluding hydrogens is 216 g/mol. The zero-order chi connectivity index (χ0) is 12.9. The van der Waals surface area contributed by atoms with Crippen molar-refractivity contribution in [1.29, 1.82) is 0 Å². The molecule has 17 heavy (non-hydrogen) atoms. The summed E-state index contributed by atoms with van der Waals surface area (Å²) in [6.07, 6.45) is 6.91. The monoisotopic (exact) mass is 240 g/mol. The van der Waals surface area contributed by atoms with Gasteiger partial charge in [-0.3, -0.25) is 9.59 Å². The molecule has 1 fully saturated rings. The van der Waals surface area contributed by atoms with Crippen LogP contribution in [0.4, 0.5) is 0 Å². The van der Waals surface area contributed by atoms with Crippen LogP contribution in [0.1, 0.15) is 65.2 Å². The molecule has 1 saturated carbocycles. The lowest BCUT2D eigenvalue weighted by Gasteiger charge is -2.31. The molecule has 0 amide bonds. The highest BCUT2D eigenvalue weighted by molar-refractivity contribution is 5.81. The molecule has 1 rings (SSSR count). The molecule has 0 aromatic rings. The van der Waals surface area contributed by atoms with Crippen molar-refractivity contribution in [3.05, 3.63) is 0 Å². The van der Waals surface area contributed by atoms with E-state index >= 15 is 0 Å². The summed E-state index contributed by atoms with van der Waals surface area (Å²) in [6.45, 7) is 3.79. The number of carbonyl (C=O) groups is 2. The molecule has 1 aliphatic rings. The van der Waals surface area contributed by atoms with Crippen LogP contribution in [0.5, 0.6) is 0 Å². The molecule has 0 saturated heterocycles. The molecule has 0 aromatic heterocycles. The van der Waals surface area contributed by atoms with Crippen molar-refractivity contribution in [3.8, 4) is 0 Å². The van der Waals surface area contributed by atoms with Gasteiger partial charge in [0.25, 0.3) is 0 Å². The van der Waals surface area contributed by atoms with Crippen molar-refractivity contribution < 1.29 is 14.7 Å². The molecule has 0 unspecified atom stereocenters. The Kier molecular flexibility index (Phi) is 5.16. The number of hydrogen-bond donors (Lipinski definition) is 1. The summed E-state index contributed by atoms with van der Waals surface area (Å²) in [5, 5.41) is 9.06. The van der Waals surface area contributed by atoms with Gasteiger partial charge in [-0.15, -0.1) is 0 Å². The van der Waals surface area contributed by atoms with Crippen molar-refractivity contribution in [2.75, 3.05) is 0 Å². The van der Waals surface area contributed by atoms with E-state index in [1.807, 2.05) is 13.8 Å². The second-order valence-electron chi connectivity index (χ2n) is 5.78. The van der Waals surface area contributed by atoms with Gasteiger partial charge in [-0.25, -0.2) is 0 Å². The fraction of sp³-hybridized carbons (Fsp3) is 0.857. The maximum atomic E-state index is 11.9. The highest BCUT2D eigenvalue weighted by Crippen LogP contribution is 2.41. The van der Waals surface area contributed by atoms with Crippen molar-refractivity contribution in [1.82, 2.24) is 0 Å². The number of rotatable bonds is 5.